The largest absolute Gasteiger partial charge is 0.343 e. The van der Waals surface area contributed by atoms with Crippen LogP contribution in [0.25, 0.3) is 0 Å². The van der Waals surface area contributed by atoms with E-state index in [1.165, 1.54) is 9.80 Å². The number of carbonyl (C=O) groups excluding carboxylic acids is 5. The Morgan fingerprint density at radius 1 is 0.533 bits per heavy atom. The summed E-state index contributed by atoms with van der Waals surface area (Å²) in [5.41, 5.74) is 0.845. The molecule has 1 aliphatic rings. The maximum atomic E-state index is 14.2. The fourth-order valence-electron chi connectivity index (χ4n) is 5.83. The number of hydrogen-bond acceptors (Lipinski definition) is 5. The fraction of sp³-hybridized carbons (Fsp3) is 0.686. The second-order valence-corrected chi connectivity index (χ2v) is 14.3. The van der Waals surface area contributed by atoms with Gasteiger partial charge in [0.2, 0.25) is 29.5 Å². The molecule has 252 valence electrons. The minimum absolute atomic E-state index is 0.0599. The van der Waals surface area contributed by atoms with E-state index in [-0.39, 0.29) is 36.0 Å². The van der Waals surface area contributed by atoms with Gasteiger partial charge < -0.3 is 25.8 Å². The van der Waals surface area contributed by atoms with Crippen LogP contribution in [0.1, 0.15) is 86.6 Å². The number of likely N-dealkylation sites (N-methyl/N-ethyl adjacent to an activating group) is 2. The van der Waals surface area contributed by atoms with Crippen LogP contribution in [0.5, 0.6) is 0 Å². The zero-order valence-electron chi connectivity index (χ0n) is 29.1. The first-order valence-electron chi connectivity index (χ1n) is 16.5. The number of carbonyl (C=O) groups is 5. The van der Waals surface area contributed by atoms with Crippen LogP contribution in [-0.4, -0.2) is 83.6 Å². The van der Waals surface area contributed by atoms with Crippen LogP contribution in [0.2, 0.25) is 0 Å². The molecule has 3 N–H and O–H groups in total. The summed E-state index contributed by atoms with van der Waals surface area (Å²) in [5.74, 6) is -1.88. The van der Waals surface area contributed by atoms with Gasteiger partial charge in [-0.1, -0.05) is 85.7 Å². The van der Waals surface area contributed by atoms with Crippen molar-refractivity contribution < 1.29 is 24.0 Å². The highest BCUT2D eigenvalue weighted by molar-refractivity contribution is 5.98. The molecule has 0 bridgehead atoms. The smallest absolute Gasteiger partial charge is 0.245 e. The minimum Gasteiger partial charge on any atom is -0.343 e. The lowest BCUT2D eigenvalue weighted by Crippen LogP contribution is -2.58. The molecule has 1 fully saturated rings. The number of benzene rings is 1. The van der Waals surface area contributed by atoms with Crippen molar-refractivity contribution in [1.29, 1.82) is 0 Å². The van der Waals surface area contributed by atoms with Gasteiger partial charge in [-0.3, -0.25) is 24.0 Å². The number of amides is 5. The van der Waals surface area contributed by atoms with Crippen LogP contribution in [-0.2, 0) is 30.4 Å². The second-order valence-electron chi connectivity index (χ2n) is 14.3. The maximum Gasteiger partial charge on any atom is 0.245 e. The molecule has 2 rings (SSSR count). The molecule has 0 aromatic heterocycles. The SMILES string of the molecule is CC(C)C[C@@H]1NC(=O)[C@H](CC(C)C)N(C)C(=O)[C@H](CC(C)C)NC(=O)[C@H](CC(C)C)N(C)C(=O)[C@H](Cc2ccccc2)NC1=O. The van der Waals surface area contributed by atoms with Crippen molar-refractivity contribution in [3.63, 3.8) is 0 Å². The quantitative estimate of drug-likeness (QED) is 0.366. The summed E-state index contributed by atoms with van der Waals surface area (Å²) in [6, 6.07) is 4.86. The Hall–Kier alpha value is -3.43. The van der Waals surface area contributed by atoms with Gasteiger partial charge in [-0.05, 0) is 54.9 Å². The molecule has 0 aliphatic carbocycles. The van der Waals surface area contributed by atoms with Crippen LogP contribution in [0.3, 0.4) is 0 Å². The third kappa shape index (κ3) is 11.5. The summed E-state index contributed by atoms with van der Waals surface area (Å²) in [4.78, 5) is 72.8. The van der Waals surface area contributed by atoms with E-state index in [0.29, 0.717) is 25.7 Å². The fourth-order valence-corrected chi connectivity index (χ4v) is 5.83. The molecule has 5 amide bonds. The summed E-state index contributed by atoms with van der Waals surface area (Å²) >= 11 is 0. The van der Waals surface area contributed by atoms with Gasteiger partial charge in [-0.2, -0.15) is 0 Å². The zero-order valence-corrected chi connectivity index (χ0v) is 29.1. The van der Waals surface area contributed by atoms with Crippen molar-refractivity contribution in [2.24, 2.45) is 23.7 Å². The predicted molar refractivity (Wildman–Crippen MR) is 177 cm³/mol. The molecular formula is C35H57N5O5. The number of hydrogen-bond donors (Lipinski definition) is 3. The van der Waals surface area contributed by atoms with Crippen molar-refractivity contribution in [2.75, 3.05) is 14.1 Å². The van der Waals surface area contributed by atoms with E-state index >= 15 is 0 Å². The Labute approximate surface area is 270 Å². The summed E-state index contributed by atoms with van der Waals surface area (Å²) in [7, 11) is 3.16. The van der Waals surface area contributed by atoms with Gasteiger partial charge in [0.1, 0.15) is 30.2 Å². The maximum absolute atomic E-state index is 14.2. The third-order valence-electron chi connectivity index (χ3n) is 8.18. The van der Waals surface area contributed by atoms with Gasteiger partial charge in [0.15, 0.2) is 0 Å². The van der Waals surface area contributed by atoms with E-state index in [1.807, 2.05) is 85.7 Å². The molecule has 1 aliphatic heterocycles. The van der Waals surface area contributed by atoms with Gasteiger partial charge in [-0.25, -0.2) is 0 Å². The van der Waals surface area contributed by atoms with Gasteiger partial charge in [-0.15, -0.1) is 0 Å². The number of nitrogens with zero attached hydrogens (tertiary/aromatic N) is 2. The highest BCUT2D eigenvalue weighted by atomic mass is 16.2. The molecule has 5 atom stereocenters. The Bertz CT molecular complexity index is 1150. The van der Waals surface area contributed by atoms with Crippen LogP contribution in [0, 0.1) is 23.7 Å². The lowest BCUT2D eigenvalue weighted by atomic mass is 9.97. The monoisotopic (exact) mass is 627 g/mol. The number of nitrogens with one attached hydrogen (secondary N) is 3. The Balaban J connectivity index is 2.72. The van der Waals surface area contributed by atoms with Crippen LogP contribution < -0.4 is 16.0 Å². The molecule has 0 saturated carbocycles. The molecule has 1 aromatic carbocycles. The Morgan fingerprint density at radius 3 is 1.36 bits per heavy atom. The van der Waals surface area contributed by atoms with Gasteiger partial charge in [0.25, 0.3) is 0 Å². The van der Waals surface area contributed by atoms with E-state index < -0.39 is 53.8 Å². The highest BCUT2D eigenvalue weighted by Gasteiger charge is 2.39. The first-order valence-corrected chi connectivity index (χ1v) is 16.5. The molecule has 1 aromatic rings. The standard InChI is InChI=1S/C35H57N5O5/c1-21(2)16-26-31(41)37-28(20-25-14-12-11-13-15-25)35(45)40(10)30(19-24(7)8)33(43)38-27(17-22(3)4)34(44)39(9)29(18-23(5)6)32(42)36-26/h11-15,21-24,26-30H,16-20H2,1-10H3,(H,36,42)(H,37,41)(H,38,43)/t26-,27-,28-,29-,30-/m0/s1. The average molecular weight is 628 g/mol. The van der Waals surface area contributed by atoms with E-state index in [9.17, 15) is 24.0 Å². The van der Waals surface area contributed by atoms with E-state index in [0.717, 1.165) is 5.56 Å². The Kier molecular flexibility index (Phi) is 14.5. The zero-order chi connectivity index (χ0) is 34.0. The van der Waals surface area contributed by atoms with Crippen LogP contribution in [0.15, 0.2) is 30.3 Å². The van der Waals surface area contributed by atoms with Crippen LogP contribution >= 0.6 is 0 Å². The minimum atomic E-state index is -0.980. The van der Waals surface area contributed by atoms with E-state index in [4.69, 9.17) is 0 Å². The first kappa shape index (κ1) is 37.8. The van der Waals surface area contributed by atoms with Crippen molar-refractivity contribution in [3.8, 4) is 0 Å². The number of rotatable bonds is 10. The lowest BCUT2D eigenvalue weighted by Gasteiger charge is -2.34. The molecule has 1 saturated heterocycles. The van der Waals surface area contributed by atoms with E-state index in [2.05, 4.69) is 16.0 Å². The van der Waals surface area contributed by atoms with Crippen molar-refractivity contribution in [1.82, 2.24) is 25.8 Å². The molecule has 0 radical (unpaired) electrons. The Morgan fingerprint density at radius 2 is 0.911 bits per heavy atom. The molecule has 45 heavy (non-hydrogen) atoms. The van der Waals surface area contributed by atoms with Crippen molar-refractivity contribution in [2.45, 2.75) is 118 Å². The first-order chi connectivity index (χ1) is 21.0. The highest BCUT2D eigenvalue weighted by Crippen LogP contribution is 2.19. The average Bonchev–Trinajstić information content (AvgIpc) is 2.95. The molecule has 10 nitrogen and oxygen atoms in total. The predicted octanol–water partition coefficient (Wildman–Crippen LogP) is 3.54. The molecular weight excluding hydrogens is 570 g/mol. The lowest BCUT2D eigenvalue weighted by molar-refractivity contribution is -0.145. The third-order valence-corrected chi connectivity index (χ3v) is 8.18. The molecule has 10 heteroatoms. The topological polar surface area (TPSA) is 128 Å². The van der Waals surface area contributed by atoms with Gasteiger partial charge in [0, 0.05) is 20.5 Å². The van der Waals surface area contributed by atoms with Crippen LogP contribution in [0.4, 0.5) is 0 Å². The molecule has 1 heterocycles. The normalized spacial score (nSPS) is 24.6. The summed E-state index contributed by atoms with van der Waals surface area (Å²) in [6.07, 6.45) is 1.66. The second kappa shape index (κ2) is 17.3. The molecule has 0 spiro atoms. The van der Waals surface area contributed by atoms with Crippen molar-refractivity contribution in [3.05, 3.63) is 35.9 Å². The van der Waals surface area contributed by atoms with Gasteiger partial charge in [0.05, 0.1) is 0 Å². The summed E-state index contributed by atoms with van der Waals surface area (Å²) in [6.45, 7) is 15.7. The van der Waals surface area contributed by atoms with Crippen molar-refractivity contribution >= 4 is 29.5 Å². The molecule has 0 unspecified atom stereocenters. The summed E-state index contributed by atoms with van der Waals surface area (Å²) < 4.78 is 0. The van der Waals surface area contributed by atoms with Gasteiger partial charge >= 0.3 is 0 Å². The summed E-state index contributed by atoms with van der Waals surface area (Å²) in [5, 5.41) is 8.82. The van der Waals surface area contributed by atoms with E-state index in [1.54, 1.807) is 14.1 Å².